The van der Waals surface area contributed by atoms with E-state index in [1.54, 1.807) is 18.2 Å². The van der Waals surface area contributed by atoms with Crippen molar-refractivity contribution >= 4 is 53.7 Å². The number of nitrogens with one attached hydrogen (secondary N) is 1. The Hall–Kier alpha value is -1.66. The van der Waals surface area contributed by atoms with Crippen molar-refractivity contribution in [3.63, 3.8) is 0 Å². The van der Waals surface area contributed by atoms with Gasteiger partial charge in [0.1, 0.15) is 12.4 Å². The fourth-order valence-electron chi connectivity index (χ4n) is 2.27. The molecule has 2 aromatic carbocycles. The number of nitrogen functional groups attached to an aromatic ring is 1. The standard InChI is InChI=1S/C19H24ClN3O2.2ClH/c1-23(2)11-12-25-18-9-8-15(13-16(18)20)22-19(24)10-7-14-5-3-4-6-17(14)21;;/h3-6,8-9,13H,7,10-12,21H2,1-2H3,(H,22,24);2*1H. The molecule has 5 nitrogen and oxygen atoms in total. The van der Waals surface area contributed by atoms with E-state index in [-0.39, 0.29) is 30.7 Å². The van der Waals surface area contributed by atoms with Gasteiger partial charge < -0.3 is 20.7 Å². The summed E-state index contributed by atoms with van der Waals surface area (Å²) in [6, 6.07) is 12.8. The van der Waals surface area contributed by atoms with Crippen LogP contribution in [0.15, 0.2) is 42.5 Å². The lowest BCUT2D eigenvalue weighted by atomic mass is 10.1. The van der Waals surface area contributed by atoms with Crippen molar-refractivity contribution in [2.75, 3.05) is 38.3 Å². The largest absolute Gasteiger partial charge is 0.491 e. The number of ether oxygens (including phenoxy) is 1. The van der Waals surface area contributed by atoms with Crippen LogP contribution in [-0.2, 0) is 11.2 Å². The first-order chi connectivity index (χ1) is 12.0. The van der Waals surface area contributed by atoms with E-state index in [4.69, 9.17) is 22.1 Å². The fraction of sp³-hybridized carbons (Fsp3) is 0.316. The molecule has 0 saturated heterocycles. The van der Waals surface area contributed by atoms with Crippen molar-refractivity contribution < 1.29 is 9.53 Å². The zero-order valence-corrected chi connectivity index (χ0v) is 17.8. The number of aryl methyl sites for hydroxylation is 1. The van der Waals surface area contributed by atoms with Gasteiger partial charge in [0.05, 0.1) is 5.02 Å². The lowest BCUT2D eigenvalue weighted by Gasteiger charge is -2.13. The van der Waals surface area contributed by atoms with Crippen molar-refractivity contribution in [1.82, 2.24) is 4.90 Å². The topological polar surface area (TPSA) is 67.6 Å². The molecular weight excluding hydrogens is 409 g/mol. The van der Waals surface area contributed by atoms with E-state index in [1.807, 2.05) is 43.3 Å². The van der Waals surface area contributed by atoms with Gasteiger partial charge in [-0.25, -0.2) is 0 Å². The lowest BCUT2D eigenvalue weighted by Crippen LogP contribution is -2.19. The van der Waals surface area contributed by atoms with Gasteiger partial charge in [-0.05, 0) is 50.3 Å². The predicted octanol–water partition coefficient (Wildman–Crippen LogP) is 4.28. The number of carbonyl (C=O) groups is 1. The number of nitrogens with two attached hydrogens (primary N) is 1. The maximum Gasteiger partial charge on any atom is 0.224 e. The molecule has 0 aliphatic carbocycles. The van der Waals surface area contributed by atoms with Gasteiger partial charge >= 0.3 is 0 Å². The Morgan fingerprint density at radius 2 is 1.89 bits per heavy atom. The first-order valence-corrected chi connectivity index (χ1v) is 8.54. The Balaban J connectivity index is 0.00000338. The highest BCUT2D eigenvalue weighted by atomic mass is 35.5. The molecule has 1 amide bonds. The summed E-state index contributed by atoms with van der Waals surface area (Å²) < 4.78 is 5.63. The van der Waals surface area contributed by atoms with Crippen molar-refractivity contribution in [3.05, 3.63) is 53.1 Å². The molecule has 0 aliphatic rings. The fourth-order valence-corrected chi connectivity index (χ4v) is 2.50. The van der Waals surface area contributed by atoms with Crippen LogP contribution in [0.1, 0.15) is 12.0 Å². The molecule has 2 aromatic rings. The molecule has 0 atom stereocenters. The first kappa shape index (κ1) is 25.3. The van der Waals surface area contributed by atoms with Gasteiger partial charge in [-0.2, -0.15) is 0 Å². The first-order valence-electron chi connectivity index (χ1n) is 8.16. The number of para-hydroxylation sites is 1. The summed E-state index contributed by atoms with van der Waals surface area (Å²) in [6.07, 6.45) is 0.949. The van der Waals surface area contributed by atoms with Crippen LogP contribution in [0.25, 0.3) is 0 Å². The van der Waals surface area contributed by atoms with E-state index < -0.39 is 0 Å². The number of rotatable bonds is 8. The Bertz CT molecular complexity index is 727. The second kappa shape index (κ2) is 12.7. The maximum absolute atomic E-state index is 12.1. The van der Waals surface area contributed by atoms with Gasteiger partial charge in [0.25, 0.3) is 0 Å². The summed E-state index contributed by atoms with van der Waals surface area (Å²) in [5.74, 6) is 0.527. The molecule has 0 fully saturated rings. The highest BCUT2D eigenvalue weighted by molar-refractivity contribution is 6.32. The van der Waals surface area contributed by atoms with E-state index in [1.165, 1.54) is 0 Å². The second-order valence-corrected chi connectivity index (χ2v) is 6.45. The quantitative estimate of drug-likeness (QED) is 0.609. The number of anilines is 2. The third-order valence-electron chi connectivity index (χ3n) is 3.69. The molecule has 0 radical (unpaired) electrons. The second-order valence-electron chi connectivity index (χ2n) is 6.04. The number of amides is 1. The number of nitrogens with zero attached hydrogens (tertiary/aromatic N) is 1. The van der Waals surface area contributed by atoms with Crippen molar-refractivity contribution in [2.45, 2.75) is 12.8 Å². The number of hydrogen-bond acceptors (Lipinski definition) is 4. The SMILES string of the molecule is CN(C)CCOc1ccc(NC(=O)CCc2ccccc2N)cc1Cl.Cl.Cl. The lowest BCUT2D eigenvalue weighted by molar-refractivity contribution is -0.116. The Morgan fingerprint density at radius 1 is 1.19 bits per heavy atom. The van der Waals surface area contributed by atoms with E-state index >= 15 is 0 Å². The molecule has 0 saturated carbocycles. The van der Waals surface area contributed by atoms with Gasteiger partial charge in [-0.3, -0.25) is 4.79 Å². The molecule has 3 N–H and O–H groups in total. The van der Waals surface area contributed by atoms with Gasteiger partial charge in [-0.15, -0.1) is 24.8 Å². The summed E-state index contributed by atoms with van der Waals surface area (Å²) in [6.45, 7) is 1.36. The smallest absolute Gasteiger partial charge is 0.224 e. The number of benzene rings is 2. The molecule has 0 bridgehead atoms. The maximum atomic E-state index is 12.1. The van der Waals surface area contributed by atoms with Crippen molar-refractivity contribution in [3.8, 4) is 5.75 Å². The highest BCUT2D eigenvalue weighted by Crippen LogP contribution is 2.27. The van der Waals surface area contributed by atoms with Crippen LogP contribution in [0, 0.1) is 0 Å². The van der Waals surface area contributed by atoms with Gasteiger partial charge in [0, 0.05) is 24.3 Å². The summed E-state index contributed by atoms with van der Waals surface area (Å²) in [5, 5.41) is 3.32. The highest BCUT2D eigenvalue weighted by Gasteiger charge is 2.08. The minimum absolute atomic E-state index is 0. The van der Waals surface area contributed by atoms with E-state index in [9.17, 15) is 4.79 Å². The third kappa shape index (κ3) is 8.71. The molecule has 2 rings (SSSR count). The molecular formula is C19H26Cl3N3O2. The van der Waals surface area contributed by atoms with Gasteiger partial charge in [0.2, 0.25) is 5.91 Å². The third-order valence-corrected chi connectivity index (χ3v) is 3.98. The Kier molecular flexibility index (Phi) is 11.9. The van der Waals surface area contributed by atoms with E-state index in [0.29, 0.717) is 41.6 Å². The van der Waals surface area contributed by atoms with Crippen LogP contribution in [0.4, 0.5) is 11.4 Å². The molecule has 0 aliphatic heterocycles. The molecule has 8 heteroatoms. The zero-order valence-electron chi connectivity index (χ0n) is 15.4. The van der Waals surface area contributed by atoms with E-state index in [0.717, 1.165) is 12.1 Å². The van der Waals surface area contributed by atoms with Crippen LogP contribution in [-0.4, -0.2) is 38.1 Å². The number of likely N-dealkylation sites (N-methyl/N-ethyl adjacent to an activating group) is 1. The van der Waals surface area contributed by atoms with Gasteiger partial charge in [-0.1, -0.05) is 29.8 Å². The van der Waals surface area contributed by atoms with Crippen LogP contribution in [0.3, 0.4) is 0 Å². The predicted molar refractivity (Wildman–Crippen MR) is 118 cm³/mol. The molecule has 27 heavy (non-hydrogen) atoms. The number of halogens is 3. The Morgan fingerprint density at radius 3 is 2.52 bits per heavy atom. The molecule has 0 unspecified atom stereocenters. The van der Waals surface area contributed by atoms with Crippen molar-refractivity contribution in [1.29, 1.82) is 0 Å². The zero-order chi connectivity index (χ0) is 18.2. The Labute approximate surface area is 178 Å². The minimum atomic E-state index is -0.0828. The molecule has 150 valence electrons. The van der Waals surface area contributed by atoms with Crippen molar-refractivity contribution in [2.24, 2.45) is 0 Å². The normalized spacial score (nSPS) is 9.93. The minimum Gasteiger partial charge on any atom is -0.491 e. The summed E-state index contributed by atoms with van der Waals surface area (Å²) in [7, 11) is 3.96. The number of carbonyl (C=O) groups excluding carboxylic acids is 1. The number of hydrogen-bond donors (Lipinski definition) is 2. The van der Waals surface area contributed by atoms with Crippen LogP contribution < -0.4 is 15.8 Å². The average Bonchev–Trinajstić information content (AvgIpc) is 2.56. The molecule has 0 aromatic heterocycles. The molecule has 0 heterocycles. The van der Waals surface area contributed by atoms with E-state index in [2.05, 4.69) is 5.32 Å². The summed E-state index contributed by atoms with van der Waals surface area (Å²) >= 11 is 6.22. The summed E-state index contributed by atoms with van der Waals surface area (Å²) in [5.41, 5.74) is 8.22. The van der Waals surface area contributed by atoms with Gasteiger partial charge in [0.15, 0.2) is 0 Å². The van der Waals surface area contributed by atoms with Crippen LogP contribution in [0.2, 0.25) is 5.02 Å². The summed E-state index contributed by atoms with van der Waals surface area (Å²) in [4.78, 5) is 14.1. The molecule has 0 spiro atoms. The average molecular weight is 435 g/mol. The monoisotopic (exact) mass is 433 g/mol. The van der Waals surface area contributed by atoms with Crippen LogP contribution in [0.5, 0.6) is 5.75 Å². The van der Waals surface area contributed by atoms with Crippen LogP contribution >= 0.6 is 36.4 Å².